The third-order valence-corrected chi connectivity index (χ3v) is 2.56. The molecule has 0 saturated carbocycles. The number of ether oxygens (including phenoxy) is 2. The summed E-state index contributed by atoms with van der Waals surface area (Å²) in [5.74, 6) is 0.499. The smallest absolute Gasteiger partial charge is 0.314 e. The molecule has 1 N–H and O–H groups in total. The highest BCUT2D eigenvalue weighted by molar-refractivity contribution is 5.50. The number of nitro benzene ring substituents is 1. The van der Waals surface area contributed by atoms with Crippen molar-refractivity contribution >= 4 is 5.69 Å². The van der Waals surface area contributed by atoms with E-state index in [-0.39, 0.29) is 18.0 Å². The van der Waals surface area contributed by atoms with E-state index in [0.29, 0.717) is 12.3 Å². The summed E-state index contributed by atoms with van der Waals surface area (Å²) >= 11 is 0. The van der Waals surface area contributed by atoms with E-state index in [1.165, 1.54) is 19.2 Å². The van der Waals surface area contributed by atoms with Crippen LogP contribution in [0.15, 0.2) is 18.2 Å². The van der Waals surface area contributed by atoms with Crippen molar-refractivity contribution in [3.8, 4) is 17.6 Å². The van der Waals surface area contributed by atoms with Crippen LogP contribution in [0.5, 0.6) is 11.5 Å². The van der Waals surface area contributed by atoms with Gasteiger partial charge in [-0.15, -0.1) is 0 Å². The zero-order valence-electron chi connectivity index (χ0n) is 11.5. The van der Waals surface area contributed by atoms with Crippen molar-refractivity contribution < 1.29 is 14.4 Å². The second-order valence-corrected chi connectivity index (χ2v) is 4.04. The van der Waals surface area contributed by atoms with Crippen molar-refractivity contribution in [1.29, 1.82) is 5.26 Å². The van der Waals surface area contributed by atoms with Crippen LogP contribution in [0.3, 0.4) is 0 Å². The van der Waals surface area contributed by atoms with Gasteiger partial charge in [-0.3, -0.25) is 15.4 Å². The van der Waals surface area contributed by atoms with E-state index in [4.69, 9.17) is 14.7 Å². The van der Waals surface area contributed by atoms with Gasteiger partial charge in [0.15, 0.2) is 5.75 Å². The highest BCUT2D eigenvalue weighted by Gasteiger charge is 2.16. The molecule has 1 atom stereocenters. The van der Waals surface area contributed by atoms with E-state index in [9.17, 15) is 10.1 Å². The van der Waals surface area contributed by atoms with Crippen LogP contribution < -0.4 is 14.8 Å². The Bertz CT molecular complexity index is 499. The summed E-state index contributed by atoms with van der Waals surface area (Å²) in [7, 11) is 1.36. The molecular weight excluding hydrogens is 262 g/mol. The molecule has 7 nitrogen and oxygen atoms in total. The molecule has 0 spiro atoms. The first-order valence-corrected chi connectivity index (χ1v) is 6.20. The van der Waals surface area contributed by atoms with Gasteiger partial charge in [0, 0.05) is 0 Å². The van der Waals surface area contributed by atoms with Crippen LogP contribution in [0.2, 0.25) is 0 Å². The number of nitrogens with zero attached hydrogens (tertiary/aromatic N) is 2. The van der Waals surface area contributed by atoms with Crippen molar-refractivity contribution in [2.24, 2.45) is 0 Å². The second-order valence-electron chi connectivity index (χ2n) is 4.04. The third kappa shape index (κ3) is 4.40. The Morgan fingerprint density at radius 3 is 2.85 bits per heavy atom. The average Bonchev–Trinajstić information content (AvgIpc) is 2.47. The minimum atomic E-state index is -0.539. The number of rotatable bonds is 8. The van der Waals surface area contributed by atoms with E-state index in [1.807, 2.05) is 6.92 Å². The summed E-state index contributed by atoms with van der Waals surface area (Å²) in [6.45, 7) is 2.83. The zero-order valence-corrected chi connectivity index (χ0v) is 11.5. The fourth-order valence-electron chi connectivity index (χ4n) is 1.54. The molecular formula is C13H17N3O4. The summed E-state index contributed by atoms with van der Waals surface area (Å²) < 4.78 is 10.3. The highest BCUT2D eigenvalue weighted by Crippen LogP contribution is 2.30. The van der Waals surface area contributed by atoms with Gasteiger partial charge in [0.25, 0.3) is 0 Å². The fraction of sp³-hybridized carbons (Fsp3) is 0.462. The quantitative estimate of drug-likeness (QED) is 0.576. The van der Waals surface area contributed by atoms with E-state index >= 15 is 0 Å². The van der Waals surface area contributed by atoms with Crippen LogP contribution in [-0.2, 0) is 0 Å². The van der Waals surface area contributed by atoms with E-state index in [2.05, 4.69) is 11.4 Å². The maximum atomic E-state index is 10.9. The van der Waals surface area contributed by atoms with Gasteiger partial charge in [0.05, 0.1) is 24.2 Å². The van der Waals surface area contributed by atoms with E-state index in [0.717, 1.165) is 6.42 Å². The summed E-state index contributed by atoms with van der Waals surface area (Å²) in [6.07, 6.45) is 0.909. The Morgan fingerprint density at radius 2 is 2.30 bits per heavy atom. The number of hydrogen-bond donors (Lipinski definition) is 1. The molecule has 0 fully saturated rings. The number of benzene rings is 1. The maximum absolute atomic E-state index is 10.9. The highest BCUT2D eigenvalue weighted by atomic mass is 16.6. The summed E-state index contributed by atoms with van der Waals surface area (Å²) in [6, 6.07) is 5.95. The first-order valence-electron chi connectivity index (χ1n) is 6.20. The van der Waals surface area contributed by atoms with Crippen LogP contribution in [0.1, 0.15) is 13.3 Å². The molecule has 20 heavy (non-hydrogen) atoms. The van der Waals surface area contributed by atoms with Gasteiger partial charge in [-0.1, -0.05) is 6.92 Å². The van der Waals surface area contributed by atoms with Gasteiger partial charge < -0.3 is 9.47 Å². The predicted octanol–water partition coefficient (Wildman–Crippen LogP) is 1.87. The standard InChI is InChI=1S/C13H17N3O4/c1-3-6-15-10(8-14)9-20-11-4-5-13(19-2)12(7-11)16(17)18/h4-5,7,10,15H,3,6,9H2,1-2H3. The van der Waals surface area contributed by atoms with Gasteiger partial charge in [-0.25, -0.2) is 0 Å². The van der Waals surface area contributed by atoms with Gasteiger partial charge in [-0.2, -0.15) is 5.26 Å². The topological polar surface area (TPSA) is 97.4 Å². The number of methoxy groups -OCH3 is 1. The molecule has 0 saturated heterocycles. The normalized spacial score (nSPS) is 11.4. The number of hydrogen-bond acceptors (Lipinski definition) is 6. The summed E-state index contributed by atoms with van der Waals surface area (Å²) in [5, 5.41) is 22.8. The van der Waals surface area contributed by atoms with Crippen LogP contribution in [0, 0.1) is 21.4 Å². The van der Waals surface area contributed by atoms with Crippen molar-refractivity contribution in [1.82, 2.24) is 5.32 Å². The minimum Gasteiger partial charge on any atom is -0.491 e. The lowest BCUT2D eigenvalue weighted by Crippen LogP contribution is -2.33. The lowest BCUT2D eigenvalue weighted by atomic mass is 10.2. The number of nitro groups is 1. The van der Waals surface area contributed by atoms with Crippen molar-refractivity contribution in [3.63, 3.8) is 0 Å². The van der Waals surface area contributed by atoms with Crippen LogP contribution in [0.4, 0.5) is 5.69 Å². The number of nitriles is 1. The molecule has 0 heterocycles. The van der Waals surface area contributed by atoms with Gasteiger partial charge in [0.2, 0.25) is 0 Å². The molecule has 0 amide bonds. The average molecular weight is 279 g/mol. The van der Waals surface area contributed by atoms with E-state index in [1.54, 1.807) is 6.07 Å². The molecule has 1 aromatic rings. The fourth-order valence-corrected chi connectivity index (χ4v) is 1.54. The van der Waals surface area contributed by atoms with Crippen LogP contribution >= 0.6 is 0 Å². The largest absolute Gasteiger partial charge is 0.491 e. The van der Waals surface area contributed by atoms with Gasteiger partial charge in [-0.05, 0) is 25.1 Å². The molecule has 0 aromatic heterocycles. The van der Waals surface area contributed by atoms with Crippen molar-refractivity contribution in [2.75, 3.05) is 20.3 Å². The van der Waals surface area contributed by atoms with Crippen LogP contribution in [0.25, 0.3) is 0 Å². The monoisotopic (exact) mass is 279 g/mol. The number of nitrogens with one attached hydrogen (secondary N) is 1. The Kier molecular flexibility index (Phi) is 6.26. The van der Waals surface area contributed by atoms with Crippen LogP contribution in [-0.4, -0.2) is 31.2 Å². The predicted molar refractivity (Wildman–Crippen MR) is 72.8 cm³/mol. The minimum absolute atomic E-state index is 0.125. The van der Waals surface area contributed by atoms with Crippen molar-refractivity contribution in [2.45, 2.75) is 19.4 Å². The molecule has 0 bridgehead atoms. The first-order chi connectivity index (χ1) is 9.62. The molecule has 0 aliphatic carbocycles. The lowest BCUT2D eigenvalue weighted by Gasteiger charge is -2.12. The molecule has 108 valence electrons. The third-order valence-electron chi connectivity index (χ3n) is 2.56. The van der Waals surface area contributed by atoms with Crippen molar-refractivity contribution in [3.05, 3.63) is 28.3 Å². The van der Waals surface area contributed by atoms with E-state index < -0.39 is 11.0 Å². The zero-order chi connectivity index (χ0) is 15.0. The second kappa shape index (κ2) is 7.96. The Labute approximate surface area is 117 Å². The SMILES string of the molecule is CCCNC(C#N)COc1ccc(OC)c([N+](=O)[O-])c1. The lowest BCUT2D eigenvalue weighted by molar-refractivity contribution is -0.385. The molecule has 1 unspecified atom stereocenters. The molecule has 7 heteroatoms. The Morgan fingerprint density at radius 1 is 1.55 bits per heavy atom. The van der Waals surface area contributed by atoms with Gasteiger partial charge >= 0.3 is 5.69 Å². The molecule has 1 rings (SSSR count). The molecule has 0 aliphatic heterocycles. The Hall–Kier alpha value is -2.33. The molecule has 0 radical (unpaired) electrons. The maximum Gasteiger partial charge on any atom is 0.314 e. The molecule has 0 aliphatic rings. The summed E-state index contributed by atoms with van der Waals surface area (Å²) in [5.41, 5.74) is -0.167. The Balaban J connectivity index is 2.71. The molecule has 1 aromatic carbocycles. The first kappa shape index (κ1) is 15.7. The summed E-state index contributed by atoms with van der Waals surface area (Å²) in [4.78, 5) is 10.3. The van der Waals surface area contributed by atoms with Gasteiger partial charge in [0.1, 0.15) is 18.4 Å².